The first-order valence-electron chi connectivity index (χ1n) is 5.83. The Morgan fingerprint density at radius 3 is 2.74 bits per heavy atom. The molecule has 104 valence electrons. The first kappa shape index (κ1) is 15.2. The molecule has 0 aromatic carbocycles. The van der Waals surface area contributed by atoms with Crippen LogP contribution in [0.5, 0.6) is 0 Å². The quantitative estimate of drug-likeness (QED) is 0.756. The number of rotatable bonds is 5. The van der Waals surface area contributed by atoms with Gasteiger partial charge in [0.25, 0.3) is 5.91 Å². The van der Waals surface area contributed by atoms with Crippen LogP contribution in [0, 0.1) is 12.3 Å². The van der Waals surface area contributed by atoms with Crippen LogP contribution in [0.3, 0.4) is 0 Å². The van der Waals surface area contributed by atoms with Crippen molar-refractivity contribution in [1.82, 2.24) is 9.47 Å². The third-order valence-corrected chi connectivity index (χ3v) is 2.46. The molecule has 6 heteroatoms. The third-order valence-electron chi connectivity index (χ3n) is 2.46. The second-order valence-corrected chi connectivity index (χ2v) is 4.07. The molecule has 1 rings (SSSR count). The molecule has 0 spiro atoms. The summed E-state index contributed by atoms with van der Waals surface area (Å²) in [5.74, 6) is 1.86. The Hall–Kier alpha value is -1.90. The molecule has 1 aromatic rings. The van der Waals surface area contributed by atoms with E-state index in [2.05, 4.69) is 5.92 Å². The van der Waals surface area contributed by atoms with Gasteiger partial charge in [-0.1, -0.05) is 12.8 Å². The lowest BCUT2D eigenvalue weighted by Crippen LogP contribution is -2.34. The zero-order valence-electron chi connectivity index (χ0n) is 10.6. The third kappa shape index (κ3) is 4.36. The molecule has 0 radical (unpaired) electrons. The van der Waals surface area contributed by atoms with Gasteiger partial charge in [-0.05, 0) is 18.6 Å². The average molecular weight is 272 g/mol. The van der Waals surface area contributed by atoms with Crippen LogP contribution in [0.2, 0.25) is 0 Å². The highest BCUT2D eigenvalue weighted by Gasteiger charge is 2.30. The Kier molecular flexibility index (Phi) is 5.04. The number of hydrogen-bond donors (Lipinski definition) is 0. The fraction of sp³-hybridized carbons (Fsp3) is 0.462. The van der Waals surface area contributed by atoms with Crippen LogP contribution in [-0.2, 0) is 6.54 Å². The van der Waals surface area contributed by atoms with Crippen LogP contribution < -0.4 is 0 Å². The van der Waals surface area contributed by atoms with E-state index in [-0.39, 0.29) is 12.2 Å². The van der Waals surface area contributed by atoms with E-state index in [0.29, 0.717) is 13.0 Å². The van der Waals surface area contributed by atoms with Gasteiger partial charge in [-0.15, -0.1) is 6.42 Å². The molecule has 19 heavy (non-hydrogen) atoms. The molecule has 0 unspecified atom stereocenters. The van der Waals surface area contributed by atoms with Crippen molar-refractivity contribution in [2.45, 2.75) is 26.1 Å². The number of halogens is 3. The molecular formula is C13H15F3N2O. The molecule has 0 bridgehead atoms. The SMILES string of the molecule is C#CCN(CCC)C(=O)c1cccn1CC(F)(F)F. The van der Waals surface area contributed by atoms with Gasteiger partial charge in [0, 0.05) is 12.7 Å². The number of amides is 1. The van der Waals surface area contributed by atoms with Crippen molar-refractivity contribution >= 4 is 5.91 Å². The zero-order valence-corrected chi connectivity index (χ0v) is 10.6. The standard InChI is InChI=1S/C13H15F3N2O/c1-3-7-17(8-4-2)12(19)11-6-5-9-18(11)10-13(14,15)16/h1,5-6,9H,4,7-8,10H2,2H3. The zero-order chi connectivity index (χ0) is 14.5. The lowest BCUT2D eigenvalue weighted by molar-refractivity contribution is -0.140. The summed E-state index contributed by atoms with van der Waals surface area (Å²) in [6.07, 6.45) is 2.72. The topological polar surface area (TPSA) is 25.2 Å². The second kappa shape index (κ2) is 6.32. The molecule has 1 heterocycles. The number of carbonyl (C=O) groups is 1. The molecule has 0 atom stereocenters. The predicted molar refractivity (Wildman–Crippen MR) is 65.5 cm³/mol. The minimum absolute atomic E-state index is 0.000949. The molecule has 3 nitrogen and oxygen atoms in total. The van der Waals surface area contributed by atoms with Gasteiger partial charge in [0.15, 0.2) is 0 Å². The van der Waals surface area contributed by atoms with Crippen LogP contribution in [0.4, 0.5) is 13.2 Å². The average Bonchev–Trinajstić information content (AvgIpc) is 2.73. The number of aromatic nitrogens is 1. The highest BCUT2D eigenvalue weighted by molar-refractivity contribution is 5.93. The van der Waals surface area contributed by atoms with E-state index >= 15 is 0 Å². The summed E-state index contributed by atoms with van der Waals surface area (Å²) >= 11 is 0. The second-order valence-electron chi connectivity index (χ2n) is 4.07. The van der Waals surface area contributed by atoms with Crippen LogP contribution in [-0.4, -0.2) is 34.6 Å². The molecule has 1 amide bonds. The number of hydrogen-bond acceptors (Lipinski definition) is 1. The Bertz CT molecular complexity index is 471. The number of nitrogens with zero attached hydrogens (tertiary/aromatic N) is 2. The van der Waals surface area contributed by atoms with E-state index in [1.807, 2.05) is 6.92 Å². The number of carbonyl (C=O) groups excluding carboxylic acids is 1. The predicted octanol–water partition coefficient (Wildman–Crippen LogP) is 2.54. The van der Waals surface area contributed by atoms with Gasteiger partial charge < -0.3 is 9.47 Å². The molecular weight excluding hydrogens is 257 g/mol. The van der Waals surface area contributed by atoms with Crippen molar-refractivity contribution in [2.75, 3.05) is 13.1 Å². The monoisotopic (exact) mass is 272 g/mol. The van der Waals surface area contributed by atoms with Gasteiger partial charge in [0.1, 0.15) is 12.2 Å². The van der Waals surface area contributed by atoms with Crippen molar-refractivity contribution in [3.63, 3.8) is 0 Å². The van der Waals surface area contributed by atoms with Gasteiger partial charge in [-0.25, -0.2) is 0 Å². The molecule has 0 aliphatic heterocycles. The molecule has 0 aliphatic rings. The first-order valence-corrected chi connectivity index (χ1v) is 5.83. The Labute approximate surface area is 110 Å². The van der Waals surface area contributed by atoms with Crippen molar-refractivity contribution in [1.29, 1.82) is 0 Å². The van der Waals surface area contributed by atoms with E-state index in [1.54, 1.807) is 0 Å². The van der Waals surface area contributed by atoms with Crippen molar-refractivity contribution < 1.29 is 18.0 Å². The summed E-state index contributed by atoms with van der Waals surface area (Å²) in [6.45, 7) is 1.19. The van der Waals surface area contributed by atoms with E-state index in [1.165, 1.54) is 23.2 Å². The van der Waals surface area contributed by atoms with E-state index in [0.717, 1.165) is 4.57 Å². The normalized spacial score (nSPS) is 11.1. The van der Waals surface area contributed by atoms with Crippen molar-refractivity contribution in [2.24, 2.45) is 0 Å². The number of terminal acetylenes is 1. The largest absolute Gasteiger partial charge is 0.406 e. The summed E-state index contributed by atoms with van der Waals surface area (Å²) in [6, 6.07) is 2.78. The van der Waals surface area contributed by atoms with Crippen LogP contribution in [0.25, 0.3) is 0 Å². The van der Waals surface area contributed by atoms with Gasteiger partial charge in [0.05, 0.1) is 6.54 Å². The van der Waals surface area contributed by atoms with Gasteiger partial charge in [0.2, 0.25) is 0 Å². The molecule has 1 aromatic heterocycles. The van der Waals surface area contributed by atoms with Crippen molar-refractivity contribution in [3.8, 4) is 12.3 Å². The van der Waals surface area contributed by atoms with E-state index in [4.69, 9.17) is 6.42 Å². The lowest BCUT2D eigenvalue weighted by atomic mass is 10.3. The first-order chi connectivity index (χ1) is 8.89. The molecule has 0 N–H and O–H groups in total. The fourth-order valence-electron chi connectivity index (χ4n) is 1.73. The fourth-order valence-corrected chi connectivity index (χ4v) is 1.73. The maximum absolute atomic E-state index is 12.4. The van der Waals surface area contributed by atoms with Crippen LogP contribution in [0.1, 0.15) is 23.8 Å². The lowest BCUT2D eigenvalue weighted by Gasteiger charge is -2.20. The molecule has 0 saturated carbocycles. The molecule has 0 aliphatic carbocycles. The summed E-state index contributed by atoms with van der Waals surface area (Å²) in [5.41, 5.74) is 0.000949. The minimum atomic E-state index is -4.37. The summed E-state index contributed by atoms with van der Waals surface area (Å²) in [5, 5.41) is 0. The summed E-state index contributed by atoms with van der Waals surface area (Å²) in [7, 11) is 0. The van der Waals surface area contributed by atoms with E-state index < -0.39 is 18.6 Å². The van der Waals surface area contributed by atoms with E-state index in [9.17, 15) is 18.0 Å². The Morgan fingerprint density at radius 2 is 2.21 bits per heavy atom. The molecule has 0 fully saturated rings. The Balaban J connectivity index is 2.93. The minimum Gasteiger partial charge on any atom is -0.334 e. The van der Waals surface area contributed by atoms with Crippen LogP contribution >= 0.6 is 0 Å². The summed E-state index contributed by atoms with van der Waals surface area (Å²) in [4.78, 5) is 13.5. The maximum Gasteiger partial charge on any atom is 0.406 e. The van der Waals surface area contributed by atoms with Crippen molar-refractivity contribution in [3.05, 3.63) is 24.0 Å². The summed E-state index contributed by atoms with van der Waals surface area (Å²) < 4.78 is 38.0. The molecule has 0 saturated heterocycles. The van der Waals surface area contributed by atoms with Gasteiger partial charge >= 0.3 is 6.18 Å². The smallest absolute Gasteiger partial charge is 0.334 e. The van der Waals surface area contributed by atoms with Gasteiger partial charge in [-0.3, -0.25) is 4.79 Å². The highest BCUT2D eigenvalue weighted by atomic mass is 19.4. The number of alkyl halides is 3. The van der Waals surface area contributed by atoms with Crippen LogP contribution in [0.15, 0.2) is 18.3 Å². The Morgan fingerprint density at radius 1 is 1.53 bits per heavy atom. The highest BCUT2D eigenvalue weighted by Crippen LogP contribution is 2.19. The van der Waals surface area contributed by atoms with Gasteiger partial charge in [-0.2, -0.15) is 13.2 Å². The maximum atomic E-state index is 12.4.